The van der Waals surface area contributed by atoms with Crippen LogP contribution in [0.4, 0.5) is 16.2 Å². The van der Waals surface area contributed by atoms with Crippen LogP contribution in [0.2, 0.25) is 0 Å². The first-order valence-corrected chi connectivity index (χ1v) is 11.1. The molecule has 36 heavy (non-hydrogen) atoms. The predicted molar refractivity (Wildman–Crippen MR) is 130 cm³/mol. The van der Waals surface area contributed by atoms with Gasteiger partial charge in [-0.3, -0.25) is 39.5 Å². The van der Waals surface area contributed by atoms with Gasteiger partial charge in [-0.05, 0) is 30.0 Å². The van der Waals surface area contributed by atoms with Gasteiger partial charge in [0.25, 0.3) is 16.8 Å². The molecule has 1 heterocycles. The standard InChI is InChI=1S/C24H15N3O8S/c28-19(15-6-2-1-3-7-15)14-25-23(29)22(36-24(25)30)12-16-8-4-5-9-20(16)35-21-11-10-17(26(31)32)13-18(21)27(33)34/h1-13H,14H2/b22-12+. The minimum Gasteiger partial charge on any atom is -0.449 e. The van der Waals surface area contributed by atoms with E-state index >= 15 is 0 Å². The lowest BCUT2D eigenvalue weighted by Gasteiger charge is -2.11. The second-order valence-electron chi connectivity index (χ2n) is 7.36. The maximum absolute atomic E-state index is 12.9. The van der Waals surface area contributed by atoms with Crippen molar-refractivity contribution in [2.24, 2.45) is 0 Å². The third-order valence-electron chi connectivity index (χ3n) is 5.05. The maximum atomic E-state index is 12.9. The summed E-state index contributed by atoms with van der Waals surface area (Å²) in [4.78, 5) is 59.5. The van der Waals surface area contributed by atoms with Gasteiger partial charge in [0.2, 0.25) is 5.75 Å². The van der Waals surface area contributed by atoms with Crippen molar-refractivity contribution in [3.63, 3.8) is 0 Å². The van der Waals surface area contributed by atoms with Gasteiger partial charge in [0.05, 0.1) is 27.4 Å². The number of carbonyl (C=O) groups excluding carboxylic acids is 3. The van der Waals surface area contributed by atoms with Crippen LogP contribution in [0.5, 0.6) is 11.5 Å². The number of rotatable bonds is 8. The molecule has 0 spiro atoms. The minimum atomic E-state index is -0.806. The van der Waals surface area contributed by atoms with Gasteiger partial charge in [0.1, 0.15) is 5.75 Å². The Morgan fingerprint density at radius 3 is 2.31 bits per heavy atom. The molecule has 3 aromatic carbocycles. The Balaban J connectivity index is 1.60. The van der Waals surface area contributed by atoms with Gasteiger partial charge in [-0.2, -0.15) is 0 Å². The van der Waals surface area contributed by atoms with Gasteiger partial charge in [-0.25, -0.2) is 0 Å². The Morgan fingerprint density at radius 2 is 1.61 bits per heavy atom. The van der Waals surface area contributed by atoms with Gasteiger partial charge < -0.3 is 4.74 Å². The first-order chi connectivity index (χ1) is 17.2. The van der Waals surface area contributed by atoms with Crippen LogP contribution < -0.4 is 4.74 Å². The summed E-state index contributed by atoms with van der Waals surface area (Å²) < 4.78 is 5.68. The lowest BCUT2D eigenvalue weighted by molar-refractivity contribution is -0.394. The molecule has 0 saturated carbocycles. The molecule has 0 bridgehead atoms. The Kier molecular flexibility index (Phi) is 6.88. The van der Waals surface area contributed by atoms with Crippen LogP contribution >= 0.6 is 11.8 Å². The molecule has 0 radical (unpaired) electrons. The van der Waals surface area contributed by atoms with E-state index in [9.17, 15) is 34.6 Å². The lowest BCUT2D eigenvalue weighted by Crippen LogP contribution is -2.33. The first kappa shape index (κ1) is 24.3. The highest BCUT2D eigenvalue weighted by Gasteiger charge is 2.36. The van der Waals surface area contributed by atoms with Crippen LogP contribution in [0, 0.1) is 20.2 Å². The number of Topliss-reactive ketones (excluding diaryl/α,β-unsaturated/α-hetero) is 1. The zero-order valence-corrected chi connectivity index (χ0v) is 19.0. The van der Waals surface area contributed by atoms with Crippen LogP contribution in [0.25, 0.3) is 6.08 Å². The number of thioether (sulfide) groups is 1. The van der Waals surface area contributed by atoms with E-state index in [-0.39, 0.29) is 16.4 Å². The number of para-hydroxylation sites is 1. The van der Waals surface area contributed by atoms with Gasteiger partial charge in [-0.15, -0.1) is 0 Å². The smallest absolute Gasteiger partial charge is 0.318 e. The number of nitro benzene ring substituents is 2. The fraction of sp³-hybridized carbons (Fsp3) is 0.0417. The maximum Gasteiger partial charge on any atom is 0.318 e. The van der Waals surface area contributed by atoms with Crippen LogP contribution in [0.3, 0.4) is 0 Å². The zero-order chi connectivity index (χ0) is 25.8. The number of non-ortho nitro benzene ring substituents is 1. The quantitative estimate of drug-likeness (QED) is 0.174. The summed E-state index contributed by atoms with van der Waals surface area (Å²) in [6.07, 6.45) is 1.38. The van der Waals surface area contributed by atoms with E-state index in [0.29, 0.717) is 22.9 Å². The van der Waals surface area contributed by atoms with Crippen LogP contribution in [0.15, 0.2) is 77.7 Å². The van der Waals surface area contributed by atoms with Crippen molar-refractivity contribution in [2.45, 2.75) is 0 Å². The van der Waals surface area contributed by atoms with E-state index in [1.54, 1.807) is 48.5 Å². The molecular formula is C24H15N3O8S. The van der Waals surface area contributed by atoms with Gasteiger partial charge in [0.15, 0.2) is 5.78 Å². The molecule has 0 aliphatic carbocycles. The number of hydrogen-bond donors (Lipinski definition) is 0. The molecule has 0 N–H and O–H groups in total. The molecular weight excluding hydrogens is 490 g/mol. The molecule has 4 rings (SSSR count). The molecule has 11 nitrogen and oxygen atoms in total. The highest BCUT2D eigenvalue weighted by Crippen LogP contribution is 2.38. The monoisotopic (exact) mass is 505 g/mol. The largest absolute Gasteiger partial charge is 0.449 e. The van der Waals surface area contributed by atoms with Gasteiger partial charge >= 0.3 is 5.69 Å². The molecule has 1 fully saturated rings. The van der Waals surface area contributed by atoms with Crippen molar-refractivity contribution >= 4 is 46.1 Å². The number of ether oxygens (including phenoxy) is 1. The van der Waals surface area contributed by atoms with Crippen molar-refractivity contribution in [1.29, 1.82) is 0 Å². The number of benzene rings is 3. The van der Waals surface area contributed by atoms with E-state index in [1.165, 1.54) is 12.1 Å². The number of ketones is 1. The van der Waals surface area contributed by atoms with Crippen molar-refractivity contribution in [2.75, 3.05) is 6.54 Å². The van der Waals surface area contributed by atoms with Crippen LogP contribution in [-0.2, 0) is 4.79 Å². The molecule has 12 heteroatoms. The summed E-state index contributed by atoms with van der Waals surface area (Å²) in [5.41, 5.74) is -0.395. The first-order valence-electron chi connectivity index (χ1n) is 10.3. The molecule has 1 saturated heterocycles. The molecule has 0 unspecified atom stereocenters. The van der Waals surface area contributed by atoms with E-state index in [1.807, 2.05) is 0 Å². The molecule has 1 aliphatic rings. The van der Waals surface area contributed by atoms with E-state index in [2.05, 4.69) is 0 Å². The summed E-state index contributed by atoms with van der Waals surface area (Å²) in [6, 6.07) is 17.5. The average Bonchev–Trinajstić information content (AvgIpc) is 3.13. The molecule has 2 amide bonds. The second kappa shape index (κ2) is 10.2. The van der Waals surface area contributed by atoms with Crippen LogP contribution in [0.1, 0.15) is 15.9 Å². The zero-order valence-electron chi connectivity index (χ0n) is 18.2. The summed E-state index contributed by atoms with van der Waals surface area (Å²) in [6.45, 7) is -0.418. The van der Waals surface area contributed by atoms with Gasteiger partial charge in [0, 0.05) is 17.2 Å². The Hall–Kier alpha value is -4.84. The fourth-order valence-electron chi connectivity index (χ4n) is 3.30. The highest BCUT2D eigenvalue weighted by atomic mass is 32.2. The number of imide groups is 1. The Bertz CT molecular complexity index is 1440. The highest BCUT2D eigenvalue weighted by molar-refractivity contribution is 8.18. The lowest BCUT2D eigenvalue weighted by atomic mass is 10.1. The number of amides is 2. The predicted octanol–water partition coefficient (Wildman–Crippen LogP) is 5.21. The molecule has 3 aromatic rings. The topological polar surface area (TPSA) is 150 Å². The summed E-state index contributed by atoms with van der Waals surface area (Å²) >= 11 is 0.650. The number of carbonyl (C=O) groups is 3. The van der Waals surface area contributed by atoms with Crippen molar-refractivity contribution < 1.29 is 29.0 Å². The molecule has 0 aromatic heterocycles. The third kappa shape index (κ3) is 5.13. The SMILES string of the molecule is O=C(CN1C(=O)S/C(=C/c2ccccc2Oc2ccc([N+](=O)[O-])cc2[N+](=O)[O-])C1=O)c1ccccc1. The van der Waals surface area contributed by atoms with E-state index < -0.39 is 44.7 Å². The fourth-order valence-corrected chi connectivity index (χ4v) is 4.13. The average molecular weight is 505 g/mol. The van der Waals surface area contributed by atoms with Gasteiger partial charge in [-0.1, -0.05) is 48.5 Å². The minimum absolute atomic E-state index is 0.0371. The normalized spacial score (nSPS) is 14.2. The van der Waals surface area contributed by atoms with E-state index in [0.717, 1.165) is 23.1 Å². The summed E-state index contributed by atoms with van der Waals surface area (Å²) in [7, 11) is 0. The number of nitrogens with zero attached hydrogens (tertiary/aromatic N) is 3. The number of hydrogen-bond acceptors (Lipinski definition) is 9. The Labute approximate surface area is 207 Å². The molecule has 1 aliphatic heterocycles. The summed E-state index contributed by atoms with van der Waals surface area (Å²) in [5.74, 6) is -1.19. The van der Waals surface area contributed by atoms with Crippen molar-refractivity contribution in [3.05, 3.63) is 109 Å². The number of nitro groups is 2. The third-order valence-corrected chi connectivity index (χ3v) is 5.95. The Morgan fingerprint density at radius 1 is 0.917 bits per heavy atom. The molecule has 180 valence electrons. The van der Waals surface area contributed by atoms with Crippen molar-refractivity contribution in [3.8, 4) is 11.5 Å². The van der Waals surface area contributed by atoms with E-state index in [4.69, 9.17) is 4.74 Å². The molecule has 0 atom stereocenters. The van der Waals surface area contributed by atoms with Crippen molar-refractivity contribution in [1.82, 2.24) is 4.90 Å². The summed E-state index contributed by atoms with van der Waals surface area (Å²) in [5, 5.41) is 21.8. The van der Waals surface area contributed by atoms with Crippen LogP contribution in [-0.4, -0.2) is 38.2 Å². The second-order valence-corrected chi connectivity index (χ2v) is 8.36.